The highest BCUT2D eigenvalue weighted by atomic mass is 16.7. The zero-order chi connectivity index (χ0) is 30.7. The number of methoxy groups -OCH3 is 2. The highest BCUT2D eigenvalue weighted by molar-refractivity contribution is 5.95. The second-order valence-electron chi connectivity index (χ2n) is 9.12. The van der Waals surface area contributed by atoms with Crippen molar-refractivity contribution in [3.8, 4) is 40.1 Å². The predicted octanol–water partition coefficient (Wildman–Crippen LogP) is 0.643. The number of rotatable bonds is 9. The number of phenols is 2. The lowest BCUT2D eigenvalue weighted by Crippen LogP contribution is -2.60. The SMILES string of the molecule is CCOC(=O)C=Cc1c(OC)cc2oc(-c3cc(O)c(OC4OC(CO)C(O)C(O)C4O)c(O)c3)cc(=O)c2c1OC. The molecule has 2 aromatic carbocycles. The normalized spacial score (nSPS) is 22.3. The Morgan fingerprint density at radius 1 is 0.976 bits per heavy atom. The summed E-state index contributed by atoms with van der Waals surface area (Å²) >= 11 is 0. The number of aromatic hydroxyl groups is 2. The molecule has 14 nitrogen and oxygen atoms in total. The van der Waals surface area contributed by atoms with Crippen molar-refractivity contribution >= 4 is 23.0 Å². The second-order valence-corrected chi connectivity index (χ2v) is 9.12. The van der Waals surface area contributed by atoms with E-state index < -0.39 is 66.0 Å². The Morgan fingerprint density at radius 2 is 1.67 bits per heavy atom. The van der Waals surface area contributed by atoms with Gasteiger partial charge in [-0.15, -0.1) is 0 Å². The maximum absolute atomic E-state index is 13.2. The number of fused-ring (bicyclic) bond motifs is 1. The fourth-order valence-corrected chi connectivity index (χ4v) is 4.45. The van der Waals surface area contributed by atoms with Crippen molar-refractivity contribution < 1.29 is 63.5 Å². The summed E-state index contributed by atoms with van der Waals surface area (Å²) in [5.41, 5.74) is -0.197. The molecule has 42 heavy (non-hydrogen) atoms. The van der Waals surface area contributed by atoms with Crippen LogP contribution < -0.4 is 19.6 Å². The first-order valence-corrected chi connectivity index (χ1v) is 12.7. The van der Waals surface area contributed by atoms with Gasteiger partial charge in [0, 0.05) is 23.8 Å². The van der Waals surface area contributed by atoms with Crippen molar-refractivity contribution in [3.05, 3.63) is 46.1 Å². The first kappa shape index (κ1) is 30.6. The number of hydrogen-bond acceptors (Lipinski definition) is 14. The minimum Gasteiger partial charge on any atom is -0.504 e. The number of benzene rings is 2. The molecule has 0 saturated carbocycles. The summed E-state index contributed by atoms with van der Waals surface area (Å²) in [6, 6.07) is 4.72. The number of carbonyl (C=O) groups excluding carboxylic acids is 1. The van der Waals surface area contributed by atoms with E-state index in [2.05, 4.69) is 0 Å². The summed E-state index contributed by atoms with van der Waals surface area (Å²) in [6.07, 6.45) is -5.58. The topological polar surface area (TPSA) is 215 Å². The lowest BCUT2D eigenvalue weighted by molar-refractivity contribution is -0.277. The summed E-state index contributed by atoms with van der Waals surface area (Å²) in [6.45, 7) is 1.13. The van der Waals surface area contributed by atoms with Crippen molar-refractivity contribution in [3.63, 3.8) is 0 Å². The molecule has 1 aliphatic rings. The Balaban J connectivity index is 1.73. The lowest BCUT2D eigenvalue weighted by Gasteiger charge is -2.39. The minimum atomic E-state index is -1.79. The molecular weight excluding hydrogens is 560 g/mol. The summed E-state index contributed by atoms with van der Waals surface area (Å²) in [5.74, 6) is -2.27. The van der Waals surface area contributed by atoms with Crippen LogP contribution in [0.25, 0.3) is 28.4 Å². The van der Waals surface area contributed by atoms with Crippen LogP contribution in [0.4, 0.5) is 0 Å². The number of aliphatic hydroxyl groups excluding tert-OH is 4. The molecule has 0 radical (unpaired) electrons. The largest absolute Gasteiger partial charge is 0.504 e. The zero-order valence-corrected chi connectivity index (χ0v) is 22.7. The van der Waals surface area contributed by atoms with Gasteiger partial charge in [0.05, 0.1) is 33.0 Å². The smallest absolute Gasteiger partial charge is 0.330 e. The predicted molar refractivity (Wildman–Crippen MR) is 144 cm³/mol. The van der Waals surface area contributed by atoms with Crippen LogP contribution in [0, 0.1) is 0 Å². The molecule has 14 heteroatoms. The summed E-state index contributed by atoms with van der Waals surface area (Å²) in [4.78, 5) is 25.1. The molecular formula is C28H30O14. The maximum atomic E-state index is 13.2. The van der Waals surface area contributed by atoms with Gasteiger partial charge >= 0.3 is 5.97 Å². The van der Waals surface area contributed by atoms with Crippen LogP contribution >= 0.6 is 0 Å². The van der Waals surface area contributed by atoms with Crippen LogP contribution in [0.5, 0.6) is 28.7 Å². The van der Waals surface area contributed by atoms with Crippen molar-refractivity contribution in [2.45, 2.75) is 37.6 Å². The van der Waals surface area contributed by atoms with Crippen LogP contribution in [0.3, 0.4) is 0 Å². The van der Waals surface area contributed by atoms with E-state index in [-0.39, 0.29) is 46.0 Å². The molecule has 0 spiro atoms. The van der Waals surface area contributed by atoms with Crippen LogP contribution in [0.15, 0.2) is 39.6 Å². The van der Waals surface area contributed by atoms with Crippen LogP contribution in [0.2, 0.25) is 0 Å². The molecule has 0 bridgehead atoms. The summed E-state index contributed by atoms with van der Waals surface area (Å²) < 4.78 is 32.3. The first-order chi connectivity index (χ1) is 20.0. The second kappa shape index (κ2) is 12.7. The first-order valence-electron chi connectivity index (χ1n) is 12.7. The van der Waals surface area contributed by atoms with Gasteiger partial charge in [0.25, 0.3) is 0 Å². The van der Waals surface area contributed by atoms with Gasteiger partial charge in [-0.05, 0) is 25.1 Å². The Bertz CT molecular complexity index is 1520. The fourth-order valence-electron chi connectivity index (χ4n) is 4.45. The molecule has 1 aromatic heterocycles. The van der Waals surface area contributed by atoms with E-state index in [1.54, 1.807) is 6.92 Å². The van der Waals surface area contributed by atoms with E-state index in [0.717, 1.165) is 24.3 Å². The summed E-state index contributed by atoms with van der Waals surface area (Å²) in [5, 5.41) is 60.8. The van der Waals surface area contributed by atoms with Crippen molar-refractivity contribution in [1.82, 2.24) is 0 Å². The summed E-state index contributed by atoms with van der Waals surface area (Å²) in [7, 11) is 2.70. The average Bonchev–Trinajstić information content (AvgIpc) is 2.96. The molecule has 6 N–H and O–H groups in total. The van der Waals surface area contributed by atoms with Gasteiger partial charge in [-0.1, -0.05) is 0 Å². The Kier molecular flexibility index (Phi) is 9.23. The molecule has 5 atom stereocenters. The Labute approximate surface area is 238 Å². The third-order valence-electron chi connectivity index (χ3n) is 6.49. The molecule has 226 valence electrons. The third kappa shape index (κ3) is 5.84. The van der Waals surface area contributed by atoms with Gasteiger partial charge in [0.15, 0.2) is 16.9 Å². The average molecular weight is 591 g/mol. The molecule has 4 rings (SSSR count). The van der Waals surface area contributed by atoms with E-state index in [0.29, 0.717) is 0 Å². The molecule has 0 aliphatic carbocycles. The standard InChI is InChI=1S/C28H30O14/c1-4-39-21(33)6-5-13-18(37-2)10-19-22(26(13)38-3)14(30)9-17(40-19)12-7-15(31)27(16(32)8-12)42-28-25(36)24(35)23(34)20(11-29)41-28/h5-10,20,23-25,28-29,31-32,34-36H,4,11H2,1-3H3. The molecule has 1 fully saturated rings. The van der Waals surface area contributed by atoms with E-state index >= 15 is 0 Å². The molecule has 5 unspecified atom stereocenters. The highest BCUT2D eigenvalue weighted by Gasteiger charge is 2.45. The van der Waals surface area contributed by atoms with Crippen molar-refractivity contribution in [2.24, 2.45) is 0 Å². The molecule has 0 amide bonds. The highest BCUT2D eigenvalue weighted by Crippen LogP contribution is 2.43. The molecule has 2 heterocycles. The number of hydrogen-bond donors (Lipinski definition) is 6. The van der Waals surface area contributed by atoms with Gasteiger partial charge in [0.2, 0.25) is 12.0 Å². The van der Waals surface area contributed by atoms with Crippen LogP contribution in [-0.4, -0.2) is 94.7 Å². The number of carbonyl (C=O) groups is 1. The van der Waals surface area contributed by atoms with Crippen molar-refractivity contribution in [2.75, 3.05) is 27.4 Å². The third-order valence-corrected chi connectivity index (χ3v) is 6.49. The zero-order valence-electron chi connectivity index (χ0n) is 22.7. The minimum absolute atomic E-state index is 0.0279. The number of aliphatic hydroxyl groups is 4. The van der Waals surface area contributed by atoms with Gasteiger partial charge < -0.3 is 58.7 Å². The van der Waals surface area contributed by atoms with E-state index in [1.807, 2.05) is 0 Å². The van der Waals surface area contributed by atoms with Gasteiger partial charge in [-0.2, -0.15) is 0 Å². The lowest BCUT2D eigenvalue weighted by atomic mass is 9.99. The maximum Gasteiger partial charge on any atom is 0.330 e. The quantitative estimate of drug-likeness (QED) is 0.149. The number of ether oxygens (including phenoxy) is 5. The van der Waals surface area contributed by atoms with Gasteiger partial charge in [-0.25, -0.2) is 4.79 Å². The monoisotopic (exact) mass is 590 g/mol. The number of phenolic OH excluding ortho intramolecular Hbond substituents is 2. The fraction of sp³-hybridized carbons (Fsp3) is 0.357. The molecule has 1 aliphatic heterocycles. The molecule has 1 saturated heterocycles. The molecule has 3 aromatic rings. The van der Waals surface area contributed by atoms with Crippen molar-refractivity contribution in [1.29, 1.82) is 0 Å². The number of esters is 1. The Hall–Kier alpha value is -4.34. The van der Waals surface area contributed by atoms with Gasteiger partial charge in [0.1, 0.15) is 52.6 Å². The van der Waals surface area contributed by atoms with E-state index in [1.165, 1.54) is 26.4 Å². The van der Waals surface area contributed by atoms with E-state index in [4.69, 9.17) is 28.1 Å². The van der Waals surface area contributed by atoms with Crippen LogP contribution in [0.1, 0.15) is 12.5 Å². The van der Waals surface area contributed by atoms with E-state index in [9.17, 15) is 40.2 Å². The van der Waals surface area contributed by atoms with Gasteiger partial charge in [-0.3, -0.25) is 4.79 Å². The van der Waals surface area contributed by atoms with Crippen LogP contribution in [-0.2, 0) is 14.3 Å². The Morgan fingerprint density at radius 3 is 2.26 bits per heavy atom.